The van der Waals surface area contributed by atoms with Crippen LogP contribution in [-0.4, -0.2) is 56.4 Å². The molecule has 0 saturated heterocycles. The zero-order valence-corrected chi connectivity index (χ0v) is 22.1. The number of hydrogen-bond acceptors (Lipinski definition) is 6. The Labute approximate surface area is 202 Å². The van der Waals surface area contributed by atoms with Gasteiger partial charge in [0.2, 0.25) is 10.6 Å². The molecule has 0 fully saturated rings. The molecular weight excluding hydrogens is 443 g/mol. The number of nitrogens with zero attached hydrogens (tertiary/aromatic N) is 6. The fraction of sp³-hybridized carbons (Fsp3) is 0.667. The van der Waals surface area contributed by atoms with Crippen molar-refractivity contribution in [3.63, 3.8) is 0 Å². The molecule has 2 unspecified atom stereocenters. The zero-order chi connectivity index (χ0) is 23.7. The standard InChI is InChI=1S/2C12H18ClN3/c1-7(2)11-9-6-16(4)8(3)5-10(9)14-12(13)15-11;1-7(2)11-10-8(3)16(4)6-5-9(10)14-12(13)15-11/h2*7-8H,5-6H2,1-4H3. The van der Waals surface area contributed by atoms with Crippen LogP contribution in [0.5, 0.6) is 0 Å². The van der Waals surface area contributed by atoms with Gasteiger partial charge in [-0.15, -0.1) is 0 Å². The van der Waals surface area contributed by atoms with Crippen LogP contribution in [0.15, 0.2) is 0 Å². The van der Waals surface area contributed by atoms with Crippen molar-refractivity contribution in [2.75, 3.05) is 20.6 Å². The quantitative estimate of drug-likeness (QED) is 0.536. The van der Waals surface area contributed by atoms with Crippen molar-refractivity contribution in [1.82, 2.24) is 29.7 Å². The van der Waals surface area contributed by atoms with E-state index in [1.807, 2.05) is 0 Å². The van der Waals surface area contributed by atoms with Gasteiger partial charge in [-0.1, -0.05) is 27.7 Å². The lowest BCUT2D eigenvalue weighted by atomic mass is 9.92. The van der Waals surface area contributed by atoms with E-state index in [9.17, 15) is 0 Å². The minimum atomic E-state index is 0.387. The maximum Gasteiger partial charge on any atom is 0.222 e. The Morgan fingerprint density at radius 2 is 1.38 bits per heavy atom. The summed E-state index contributed by atoms with van der Waals surface area (Å²) in [6.45, 7) is 15.0. The van der Waals surface area contributed by atoms with E-state index in [1.165, 1.54) is 11.1 Å². The fourth-order valence-corrected chi connectivity index (χ4v) is 4.85. The number of likely N-dealkylation sites (N-methyl/N-ethyl adjacent to an activating group) is 2. The van der Waals surface area contributed by atoms with E-state index in [1.54, 1.807) is 0 Å². The van der Waals surface area contributed by atoms with Crippen LogP contribution in [0.2, 0.25) is 10.6 Å². The van der Waals surface area contributed by atoms with Gasteiger partial charge in [0.1, 0.15) is 0 Å². The Balaban J connectivity index is 0.000000181. The molecule has 0 bridgehead atoms. The third kappa shape index (κ3) is 5.41. The summed E-state index contributed by atoms with van der Waals surface area (Å²) in [5.74, 6) is 0.791. The van der Waals surface area contributed by atoms with Gasteiger partial charge in [-0.2, -0.15) is 0 Å². The van der Waals surface area contributed by atoms with E-state index < -0.39 is 0 Å². The van der Waals surface area contributed by atoms with Crippen molar-refractivity contribution in [1.29, 1.82) is 0 Å². The van der Waals surface area contributed by atoms with Gasteiger partial charge in [-0.3, -0.25) is 9.80 Å². The van der Waals surface area contributed by atoms with Crippen LogP contribution in [0.4, 0.5) is 0 Å². The predicted octanol–water partition coefficient (Wildman–Crippen LogP) is 5.43. The van der Waals surface area contributed by atoms with E-state index >= 15 is 0 Å². The molecule has 6 nitrogen and oxygen atoms in total. The number of fused-ring (bicyclic) bond motifs is 2. The fourth-order valence-electron chi connectivity index (χ4n) is 4.46. The van der Waals surface area contributed by atoms with E-state index in [-0.39, 0.29) is 0 Å². The van der Waals surface area contributed by atoms with Gasteiger partial charge < -0.3 is 0 Å². The summed E-state index contributed by atoms with van der Waals surface area (Å²) in [6.07, 6.45) is 1.94. The minimum absolute atomic E-state index is 0.387. The summed E-state index contributed by atoms with van der Waals surface area (Å²) in [7, 11) is 4.29. The van der Waals surface area contributed by atoms with Gasteiger partial charge in [-0.25, -0.2) is 19.9 Å². The molecule has 32 heavy (non-hydrogen) atoms. The van der Waals surface area contributed by atoms with E-state index in [0.29, 0.717) is 34.5 Å². The zero-order valence-electron chi connectivity index (χ0n) is 20.6. The first-order valence-electron chi connectivity index (χ1n) is 11.5. The summed E-state index contributed by atoms with van der Waals surface area (Å²) < 4.78 is 0. The highest BCUT2D eigenvalue weighted by Gasteiger charge is 2.28. The largest absolute Gasteiger partial charge is 0.299 e. The molecule has 8 heteroatoms. The van der Waals surface area contributed by atoms with Gasteiger partial charge in [0.15, 0.2) is 0 Å². The van der Waals surface area contributed by atoms with Crippen molar-refractivity contribution < 1.29 is 0 Å². The minimum Gasteiger partial charge on any atom is -0.299 e. The highest BCUT2D eigenvalue weighted by molar-refractivity contribution is 6.28. The summed E-state index contributed by atoms with van der Waals surface area (Å²) in [4.78, 5) is 22.2. The summed E-state index contributed by atoms with van der Waals surface area (Å²) in [5.41, 5.74) is 7.04. The smallest absolute Gasteiger partial charge is 0.222 e. The Hall–Kier alpha value is -1.34. The Morgan fingerprint density at radius 1 is 0.812 bits per heavy atom. The lowest BCUT2D eigenvalue weighted by molar-refractivity contribution is 0.226. The molecule has 0 radical (unpaired) electrons. The molecule has 176 valence electrons. The van der Waals surface area contributed by atoms with Crippen LogP contribution in [0.3, 0.4) is 0 Å². The van der Waals surface area contributed by atoms with Gasteiger partial charge in [-0.05, 0) is 63.0 Å². The normalized spacial score (nSPS) is 21.2. The first kappa shape index (κ1) is 25.3. The van der Waals surface area contributed by atoms with Gasteiger partial charge in [0.25, 0.3) is 0 Å². The monoisotopic (exact) mass is 478 g/mol. The molecule has 0 saturated carbocycles. The maximum atomic E-state index is 5.97. The molecule has 0 aromatic carbocycles. The molecule has 2 aromatic rings. The van der Waals surface area contributed by atoms with Crippen LogP contribution in [-0.2, 0) is 19.4 Å². The predicted molar refractivity (Wildman–Crippen MR) is 132 cm³/mol. The van der Waals surface area contributed by atoms with Crippen molar-refractivity contribution in [2.24, 2.45) is 0 Å². The molecular formula is C24H36Cl2N6. The molecule has 0 amide bonds. The Kier molecular flexibility index (Phi) is 8.13. The third-order valence-electron chi connectivity index (χ3n) is 6.65. The second kappa shape index (κ2) is 10.3. The molecule has 0 spiro atoms. The average molecular weight is 480 g/mol. The molecule has 2 aliphatic heterocycles. The second-order valence-electron chi connectivity index (χ2n) is 9.73. The van der Waals surface area contributed by atoms with Crippen LogP contribution in [0, 0.1) is 0 Å². The van der Waals surface area contributed by atoms with Crippen molar-refractivity contribution in [2.45, 2.75) is 84.8 Å². The summed E-state index contributed by atoms with van der Waals surface area (Å²) in [5, 5.41) is 0.776. The first-order valence-corrected chi connectivity index (χ1v) is 12.3. The first-order chi connectivity index (χ1) is 15.0. The lowest BCUT2D eigenvalue weighted by Gasteiger charge is -2.33. The number of aromatic nitrogens is 4. The van der Waals surface area contributed by atoms with Gasteiger partial charge in [0.05, 0.1) is 22.8 Å². The lowest BCUT2D eigenvalue weighted by Crippen LogP contribution is -2.36. The average Bonchev–Trinajstić information content (AvgIpc) is 2.71. The number of hydrogen-bond donors (Lipinski definition) is 0. The maximum absolute atomic E-state index is 5.97. The van der Waals surface area contributed by atoms with Crippen LogP contribution in [0.25, 0.3) is 0 Å². The summed E-state index contributed by atoms with van der Waals surface area (Å²) in [6, 6.07) is 0.914. The molecule has 2 aliphatic rings. The van der Waals surface area contributed by atoms with Crippen LogP contribution in [0.1, 0.15) is 93.3 Å². The van der Waals surface area contributed by atoms with Crippen molar-refractivity contribution in [3.05, 3.63) is 44.5 Å². The van der Waals surface area contributed by atoms with Gasteiger partial charge >= 0.3 is 0 Å². The molecule has 4 rings (SSSR count). The van der Waals surface area contributed by atoms with E-state index in [0.717, 1.165) is 48.7 Å². The summed E-state index contributed by atoms with van der Waals surface area (Å²) >= 11 is 11.9. The van der Waals surface area contributed by atoms with Crippen LogP contribution < -0.4 is 0 Å². The molecule has 2 atom stereocenters. The van der Waals surface area contributed by atoms with Crippen molar-refractivity contribution in [3.8, 4) is 0 Å². The van der Waals surface area contributed by atoms with Crippen LogP contribution >= 0.6 is 23.2 Å². The second-order valence-corrected chi connectivity index (χ2v) is 10.4. The molecule has 0 aliphatic carbocycles. The number of rotatable bonds is 2. The third-order valence-corrected chi connectivity index (χ3v) is 6.99. The Morgan fingerprint density at radius 3 is 1.97 bits per heavy atom. The van der Waals surface area contributed by atoms with Crippen molar-refractivity contribution >= 4 is 23.2 Å². The van der Waals surface area contributed by atoms with Gasteiger partial charge in [0, 0.05) is 49.1 Å². The van der Waals surface area contributed by atoms with E-state index in [4.69, 9.17) is 23.2 Å². The highest BCUT2D eigenvalue weighted by atomic mass is 35.5. The molecule has 0 N–H and O–H groups in total. The van der Waals surface area contributed by atoms with E-state index in [2.05, 4.69) is 85.4 Å². The highest BCUT2D eigenvalue weighted by Crippen LogP contribution is 2.33. The SMILES string of the molecule is CC(C)c1nc(Cl)nc2c1C(C)N(C)CC2.CC(C)c1nc(Cl)nc2c1CN(C)C(C)C2. The topological polar surface area (TPSA) is 58.0 Å². The number of halogens is 2. The molecule has 4 heterocycles. The molecule has 2 aromatic heterocycles. The Bertz CT molecular complexity index is 962.